The maximum atomic E-state index is 11.5. The van der Waals surface area contributed by atoms with E-state index < -0.39 is 0 Å². The lowest BCUT2D eigenvalue weighted by atomic mass is 10.3. The summed E-state index contributed by atoms with van der Waals surface area (Å²) in [5.41, 5.74) is 1.14. The first-order valence-corrected chi connectivity index (χ1v) is 4.80. The lowest BCUT2D eigenvalue weighted by Gasteiger charge is -2.03. The molecule has 0 fully saturated rings. The van der Waals surface area contributed by atoms with Gasteiger partial charge in [0, 0.05) is 26.5 Å². The Morgan fingerprint density at radius 3 is 2.87 bits per heavy atom. The molecule has 0 saturated carbocycles. The molecule has 0 aliphatic heterocycles. The van der Waals surface area contributed by atoms with Gasteiger partial charge in [0.1, 0.15) is 5.69 Å². The van der Waals surface area contributed by atoms with E-state index in [0.717, 1.165) is 12.1 Å². The summed E-state index contributed by atoms with van der Waals surface area (Å²) in [6.45, 7) is 3.05. The Hall–Kier alpha value is -1.49. The zero-order chi connectivity index (χ0) is 11.1. The fourth-order valence-electron chi connectivity index (χ4n) is 1.02. The third-order valence-corrected chi connectivity index (χ3v) is 1.82. The number of carbonyl (C=O) groups excluding carboxylic acids is 1. The first kappa shape index (κ1) is 11.6. The Bertz CT molecular complexity index is 311. The smallest absolute Gasteiger partial charge is 0.271 e. The Kier molecular flexibility index (Phi) is 4.70. The summed E-state index contributed by atoms with van der Waals surface area (Å²) in [7, 11) is 1.63. The number of nitrogens with one attached hydrogen (secondary N) is 1. The highest BCUT2D eigenvalue weighted by Gasteiger charge is 2.05. The van der Waals surface area contributed by atoms with Crippen LogP contribution in [0, 0.1) is 6.92 Å². The molecule has 82 valence electrons. The van der Waals surface area contributed by atoms with Crippen LogP contribution in [0.5, 0.6) is 0 Å². The van der Waals surface area contributed by atoms with Crippen molar-refractivity contribution >= 4 is 5.91 Å². The van der Waals surface area contributed by atoms with E-state index in [1.54, 1.807) is 13.3 Å². The number of rotatable bonds is 5. The minimum Gasteiger partial charge on any atom is -0.385 e. The summed E-state index contributed by atoms with van der Waals surface area (Å²) < 4.78 is 4.87. The summed E-state index contributed by atoms with van der Waals surface area (Å²) in [4.78, 5) is 19.4. The summed E-state index contributed by atoms with van der Waals surface area (Å²) in [6, 6.07) is 0. The van der Waals surface area contributed by atoms with E-state index in [1.807, 2.05) is 6.92 Å². The number of methoxy groups -OCH3 is 1. The largest absolute Gasteiger partial charge is 0.385 e. The molecule has 1 heterocycles. The standard InChI is InChI=1S/C10H15N3O2/c1-8-6-13-9(7-12-8)10(14)11-4-3-5-15-2/h6-7H,3-5H2,1-2H3,(H,11,14). The monoisotopic (exact) mass is 209 g/mol. The summed E-state index contributed by atoms with van der Waals surface area (Å²) in [5, 5.41) is 2.73. The molecule has 1 amide bonds. The van der Waals surface area contributed by atoms with Crippen molar-refractivity contribution in [3.63, 3.8) is 0 Å². The van der Waals surface area contributed by atoms with Crippen LogP contribution in [0.2, 0.25) is 0 Å². The number of nitrogens with zero attached hydrogens (tertiary/aromatic N) is 2. The Balaban J connectivity index is 2.37. The van der Waals surface area contributed by atoms with Gasteiger partial charge >= 0.3 is 0 Å². The molecule has 0 aliphatic rings. The van der Waals surface area contributed by atoms with Crippen LogP contribution in [0.25, 0.3) is 0 Å². The van der Waals surface area contributed by atoms with Gasteiger partial charge in [0.15, 0.2) is 0 Å². The molecule has 0 aliphatic carbocycles. The first-order chi connectivity index (χ1) is 7.24. The highest BCUT2D eigenvalue weighted by Crippen LogP contribution is 1.93. The van der Waals surface area contributed by atoms with Crippen molar-refractivity contribution in [2.24, 2.45) is 0 Å². The van der Waals surface area contributed by atoms with Crippen LogP contribution < -0.4 is 5.32 Å². The zero-order valence-electron chi connectivity index (χ0n) is 8.99. The minimum absolute atomic E-state index is 0.196. The molecule has 1 aromatic heterocycles. The molecule has 1 aromatic rings. The lowest BCUT2D eigenvalue weighted by Crippen LogP contribution is -2.26. The maximum absolute atomic E-state index is 11.5. The molecule has 0 atom stereocenters. The fourth-order valence-corrected chi connectivity index (χ4v) is 1.02. The highest BCUT2D eigenvalue weighted by atomic mass is 16.5. The molecule has 5 heteroatoms. The fraction of sp³-hybridized carbons (Fsp3) is 0.500. The SMILES string of the molecule is COCCCNC(=O)c1cnc(C)cn1. The summed E-state index contributed by atoms with van der Waals surface area (Å²) in [6.07, 6.45) is 3.84. The molecule has 0 spiro atoms. The van der Waals surface area contributed by atoms with Crippen LogP contribution in [0.4, 0.5) is 0 Å². The molecule has 0 bridgehead atoms. The van der Waals surface area contributed by atoms with Gasteiger partial charge in [-0.2, -0.15) is 0 Å². The quantitative estimate of drug-likeness (QED) is 0.719. The van der Waals surface area contributed by atoms with Crippen LogP contribution in [-0.2, 0) is 4.74 Å². The number of hydrogen-bond donors (Lipinski definition) is 1. The van der Waals surface area contributed by atoms with Crippen molar-refractivity contribution in [3.8, 4) is 0 Å². The van der Waals surface area contributed by atoms with Gasteiger partial charge in [-0.15, -0.1) is 0 Å². The second-order valence-corrected chi connectivity index (χ2v) is 3.15. The van der Waals surface area contributed by atoms with Crippen LogP contribution in [0.15, 0.2) is 12.4 Å². The lowest BCUT2D eigenvalue weighted by molar-refractivity contribution is 0.0943. The Morgan fingerprint density at radius 1 is 1.47 bits per heavy atom. The van der Waals surface area contributed by atoms with E-state index in [-0.39, 0.29) is 5.91 Å². The Labute approximate surface area is 88.9 Å². The number of amides is 1. The van der Waals surface area contributed by atoms with Gasteiger partial charge < -0.3 is 10.1 Å². The number of ether oxygens (including phenoxy) is 1. The topological polar surface area (TPSA) is 64.1 Å². The van der Waals surface area contributed by atoms with E-state index >= 15 is 0 Å². The van der Waals surface area contributed by atoms with Crippen molar-refractivity contribution in [2.45, 2.75) is 13.3 Å². The van der Waals surface area contributed by atoms with E-state index in [2.05, 4.69) is 15.3 Å². The van der Waals surface area contributed by atoms with Crippen LogP contribution >= 0.6 is 0 Å². The molecular weight excluding hydrogens is 194 g/mol. The highest BCUT2D eigenvalue weighted by molar-refractivity contribution is 5.91. The summed E-state index contributed by atoms with van der Waals surface area (Å²) in [5.74, 6) is -0.196. The molecular formula is C10H15N3O2. The third kappa shape index (κ3) is 4.03. The van der Waals surface area contributed by atoms with E-state index in [4.69, 9.17) is 4.74 Å². The molecule has 15 heavy (non-hydrogen) atoms. The molecule has 0 unspecified atom stereocenters. The number of aromatic nitrogens is 2. The normalized spacial score (nSPS) is 10.0. The van der Waals surface area contributed by atoms with Crippen LogP contribution in [0.1, 0.15) is 22.6 Å². The van der Waals surface area contributed by atoms with Crippen LogP contribution in [-0.4, -0.2) is 36.1 Å². The van der Waals surface area contributed by atoms with Crippen molar-refractivity contribution in [3.05, 3.63) is 23.8 Å². The first-order valence-electron chi connectivity index (χ1n) is 4.80. The molecule has 5 nitrogen and oxygen atoms in total. The number of carbonyl (C=O) groups is 1. The maximum Gasteiger partial charge on any atom is 0.271 e. The summed E-state index contributed by atoms with van der Waals surface area (Å²) >= 11 is 0. The van der Waals surface area contributed by atoms with Crippen LogP contribution in [0.3, 0.4) is 0 Å². The van der Waals surface area contributed by atoms with E-state index in [9.17, 15) is 4.79 Å². The van der Waals surface area contributed by atoms with Gasteiger partial charge in [0.25, 0.3) is 5.91 Å². The average Bonchev–Trinajstić information content (AvgIpc) is 2.25. The number of hydrogen-bond acceptors (Lipinski definition) is 4. The van der Waals surface area contributed by atoms with Crippen molar-refractivity contribution < 1.29 is 9.53 Å². The van der Waals surface area contributed by atoms with Gasteiger partial charge in [0.05, 0.1) is 11.9 Å². The zero-order valence-corrected chi connectivity index (χ0v) is 8.99. The van der Waals surface area contributed by atoms with E-state index in [1.165, 1.54) is 6.20 Å². The van der Waals surface area contributed by atoms with Crippen molar-refractivity contribution in [2.75, 3.05) is 20.3 Å². The van der Waals surface area contributed by atoms with Crippen molar-refractivity contribution in [1.29, 1.82) is 0 Å². The minimum atomic E-state index is -0.196. The average molecular weight is 209 g/mol. The molecule has 0 aromatic carbocycles. The molecule has 0 radical (unpaired) electrons. The Morgan fingerprint density at radius 2 is 2.27 bits per heavy atom. The molecule has 1 rings (SSSR count). The molecule has 1 N–H and O–H groups in total. The van der Waals surface area contributed by atoms with E-state index in [0.29, 0.717) is 18.8 Å². The van der Waals surface area contributed by atoms with Gasteiger partial charge in [0.2, 0.25) is 0 Å². The second-order valence-electron chi connectivity index (χ2n) is 3.15. The van der Waals surface area contributed by atoms with Gasteiger partial charge in [-0.25, -0.2) is 4.98 Å². The second kappa shape index (κ2) is 6.08. The van der Waals surface area contributed by atoms with Crippen molar-refractivity contribution in [1.82, 2.24) is 15.3 Å². The predicted octanol–water partition coefficient (Wildman–Crippen LogP) is 0.551. The van der Waals surface area contributed by atoms with Gasteiger partial charge in [-0.05, 0) is 13.3 Å². The third-order valence-electron chi connectivity index (χ3n) is 1.82. The van der Waals surface area contributed by atoms with Gasteiger partial charge in [-0.3, -0.25) is 9.78 Å². The van der Waals surface area contributed by atoms with Gasteiger partial charge in [-0.1, -0.05) is 0 Å². The number of aryl methyl sites for hydroxylation is 1. The molecule has 0 saturated heterocycles. The predicted molar refractivity (Wildman–Crippen MR) is 55.6 cm³/mol.